The number of nitrogens with zero attached hydrogens (tertiary/aromatic N) is 4. The Hall–Kier alpha value is -2.94. The summed E-state index contributed by atoms with van der Waals surface area (Å²) in [6.07, 6.45) is 0. The highest BCUT2D eigenvalue weighted by atomic mass is 16.2. The van der Waals surface area contributed by atoms with Gasteiger partial charge in [-0.2, -0.15) is 10.4 Å². The average Bonchev–Trinajstić information content (AvgIpc) is 2.50. The van der Waals surface area contributed by atoms with Crippen LogP contribution in [0, 0.1) is 11.3 Å². The van der Waals surface area contributed by atoms with Crippen LogP contribution in [0.1, 0.15) is 21.6 Å². The molecule has 2 rings (SSSR count). The van der Waals surface area contributed by atoms with Crippen molar-refractivity contribution in [2.75, 3.05) is 7.05 Å². The van der Waals surface area contributed by atoms with Gasteiger partial charge in [-0.1, -0.05) is 12.1 Å². The fourth-order valence-corrected chi connectivity index (χ4v) is 1.84. The molecule has 0 aliphatic rings. The van der Waals surface area contributed by atoms with E-state index in [0.29, 0.717) is 12.1 Å². The first-order valence-electron chi connectivity index (χ1n) is 6.30. The summed E-state index contributed by atoms with van der Waals surface area (Å²) in [6, 6.07) is 11.8. The Labute approximate surface area is 121 Å². The number of hydrogen-bond donors (Lipinski definition) is 0. The van der Waals surface area contributed by atoms with E-state index in [1.54, 1.807) is 31.3 Å². The van der Waals surface area contributed by atoms with Gasteiger partial charge in [0.1, 0.15) is 5.69 Å². The van der Waals surface area contributed by atoms with Gasteiger partial charge in [-0.25, -0.2) is 4.68 Å². The largest absolute Gasteiger partial charge is 0.336 e. The molecule has 6 nitrogen and oxygen atoms in total. The second-order valence-electron chi connectivity index (χ2n) is 4.65. The minimum atomic E-state index is -0.269. The summed E-state index contributed by atoms with van der Waals surface area (Å²) >= 11 is 0. The molecule has 0 atom stereocenters. The maximum Gasteiger partial charge on any atom is 0.274 e. The van der Waals surface area contributed by atoms with Crippen molar-refractivity contribution in [3.05, 3.63) is 63.6 Å². The molecular formula is C15H14N4O2. The molecule has 21 heavy (non-hydrogen) atoms. The van der Waals surface area contributed by atoms with Gasteiger partial charge in [0, 0.05) is 26.7 Å². The van der Waals surface area contributed by atoms with Crippen LogP contribution in [0.2, 0.25) is 0 Å². The van der Waals surface area contributed by atoms with Crippen LogP contribution in [-0.2, 0) is 13.6 Å². The predicted molar refractivity (Wildman–Crippen MR) is 76.4 cm³/mol. The van der Waals surface area contributed by atoms with Crippen LogP contribution in [0.25, 0.3) is 0 Å². The van der Waals surface area contributed by atoms with E-state index in [1.165, 1.54) is 24.1 Å². The Balaban J connectivity index is 2.13. The SMILES string of the molecule is CN(Cc1ccc(C#N)cc1)C(=O)c1ccc(=O)n(C)n1. The van der Waals surface area contributed by atoms with Crippen LogP contribution < -0.4 is 5.56 Å². The summed E-state index contributed by atoms with van der Waals surface area (Å²) in [7, 11) is 3.16. The third-order valence-electron chi connectivity index (χ3n) is 3.03. The number of hydrogen-bond acceptors (Lipinski definition) is 4. The van der Waals surface area contributed by atoms with Crippen LogP contribution in [0.5, 0.6) is 0 Å². The third-order valence-corrected chi connectivity index (χ3v) is 3.03. The topological polar surface area (TPSA) is 79.0 Å². The van der Waals surface area contributed by atoms with E-state index in [4.69, 9.17) is 5.26 Å². The maximum absolute atomic E-state index is 12.2. The molecule has 1 aromatic carbocycles. The van der Waals surface area contributed by atoms with E-state index >= 15 is 0 Å². The van der Waals surface area contributed by atoms with Gasteiger partial charge in [0.05, 0.1) is 11.6 Å². The summed E-state index contributed by atoms with van der Waals surface area (Å²) in [6.45, 7) is 0.398. The van der Waals surface area contributed by atoms with Gasteiger partial charge in [0.25, 0.3) is 11.5 Å². The lowest BCUT2D eigenvalue weighted by Crippen LogP contribution is -2.30. The van der Waals surface area contributed by atoms with Crippen LogP contribution >= 0.6 is 0 Å². The Morgan fingerprint density at radius 2 is 1.95 bits per heavy atom. The third kappa shape index (κ3) is 3.34. The van der Waals surface area contributed by atoms with Crippen molar-refractivity contribution in [3.63, 3.8) is 0 Å². The summed E-state index contributed by atoms with van der Waals surface area (Å²) in [5, 5.41) is 12.7. The Morgan fingerprint density at radius 3 is 2.52 bits per heavy atom. The first kappa shape index (κ1) is 14.5. The van der Waals surface area contributed by atoms with Crippen molar-refractivity contribution in [3.8, 4) is 6.07 Å². The van der Waals surface area contributed by atoms with E-state index in [1.807, 2.05) is 6.07 Å². The molecule has 0 saturated carbocycles. The zero-order chi connectivity index (χ0) is 15.4. The minimum absolute atomic E-state index is 0.216. The van der Waals surface area contributed by atoms with Gasteiger partial charge in [0.2, 0.25) is 0 Å². The molecule has 0 unspecified atom stereocenters. The number of nitriles is 1. The normalized spacial score (nSPS) is 9.95. The number of benzene rings is 1. The van der Waals surface area contributed by atoms with Crippen molar-refractivity contribution < 1.29 is 4.79 Å². The lowest BCUT2D eigenvalue weighted by atomic mass is 10.1. The molecular weight excluding hydrogens is 268 g/mol. The van der Waals surface area contributed by atoms with Crippen molar-refractivity contribution in [1.82, 2.24) is 14.7 Å². The average molecular weight is 282 g/mol. The van der Waals surface area contributed by atoms with Gasteiger partial charge in [-0.05, 0) is 23.8 Å². The number of carbonyl (C=O) groups is 1. The van der Waals surface area contributed by atoms with Crippen LogP contribution in [0.3, 0.4) is 0 Å². The molecule has 1 aromatic heterocycles. The van der Waals surface area contributed by atoms with Gasteiger partial charge >= 0.3 is 0 Å². The molecule has 1 heterocycles. The fourth-order valence-electron chi connectivity index (χ4n) is 1.84. The summed E-state index contributed by atoms with van der Waals surface area (Å²) in [5.74, 6) is -0.269. The van der Waals surface area contributed by atoms with Crippen molar-refractivity contribution in [1.29, 1.82) is 5.26 Å². The Morgan fingerprint density at radius 1 is 1.29 bits per heavy atom. The maximum atomic E-state index is 12.2. The van der Waals surface area contributed by atoms with E-state index < -0.39 is 0 Å². The zero-order valence-corrected chi connectivity index (χ0v) is 11.8. The van der Waals surface area contributed by atoms with E-state index in [-0.39, 0.29) is 17.2 Å². The predicted octanol–water partition coefficient (Wildman–Crippen LogP) is 0.924. The molecule has 6 heteroatoms. The molecule has 0 saturated heterocycles. The monoisotopic (exact) mass is 282 g/mol. The Kier molecular flexibility index (Phi) is 4.14. The molecule has 0 aliphatic carbocycles. The highest BCUT2D eigenvalue weighted by molar-refractivity contribution is 5.91. The van der Waals surface area contributed by atoms with Crippen LogP contribution in [-0.4, -0.2) is 27.6 Å². The zero-order valence-electron chi connectivity index (χ0n) is 11.8. The molecule has 1 amide bonds. The number of rotatable bonds is 3. The molecule has 0 radical (unpaired) electrons. The first-order valence-corrected chi connectivity index (χ1v) is 6.30. The number of aryl methyl sites for hydroxylation is 1. The van der Waals surface area contributed by atoms with Crippen molar-refractivity contribution >= 4 is 5.91 Å². The van der Waals surface area contributed by atoms with Gasteiger partial charge in [0.15, 0.2) is 0 Å². The van der Waals surface area contributed by atoms with E-state index in [0.717, 1.165) is 10.2 Å². The Bertz CT molecular complexity index is 756. The summed E-state index contributed by atoms with van der Waals surface area (Å²) < 4.78 is 1.13. The van der Waals surface area contributed by atoms with Gasteiger partial charge < -0.3 is 4.90 Å². The molecule has 0 bridgehead atoms. The van der Waals surface area contributed by atoms with Gasteiger partial charge in [-0.3, -0.25) is 9.59 Å². The number of carbonyl (C=O) groups excluding carboxylic acids is 1. The first-order chi connectivity index (χ1) is 10.0. The van der Waals surface area contributed by atoms with Crippen molar-refractivity contribution in [2.45, 2.75) is 6.54 Å². The summed E-state index contributed by atoms with van der Waals surface area (Å²) in [5.41, 5.74) is 1.44. The lowest BCUT2D eigenvalue weighted by molar-refractivity contribution is 0.0776. The highest BCUT2D eigenvalue weighted by Crippen LogP contribution is 2.08. The van der Waals surface area contributed by atoms with E-state index in [9.17, 15) is 9.59 Å². The molecule has 0 aliphatic heterocycles. The molecule has 0 fully saturated rings. The molecule has 2 aromatic rings. The number of aromatic nitrogens is 2. The molecule has 106 valence electrons. The quantitative estimate of drug-likeness (QED) is 0.838. The fraction of sp³-hybridized carbons (Fsp3) is 0.200. The standard InChI is InChI=1S/C15H14N4O2/c1-18(10-12-5-3-11(9-16)4-6-12)15(21)13-7-8-14(20)19(2)17-13/h3-8H,10H2,1-2H3. The lowest BCUT2D eigenvalue weighted by Gasteiger charge is -2.17. The minimum Gasteiger partial charge on any atom is -0.336 e. The van der Waals surface area contributed by atoms with Crippen LogP contribution in [0.4, 0.5) is 0 Å². The number of amides is 1. The second-order valence-corrected chi connectivity index (χ2v) is 4.65. The van der Waals surface area contributed by atoms with E-state index in [2.05, 4.69) is 5.10 Å². The second kappa shape index (κ2) is 6.01. The highest BCUT2D eigenvalue weighted by Gasteiger charge is 2.14. The van der Waals surface area contributed by atoms with Crippen molar-refractivity contribution in [2.24, 2.45) is 7.05 Å². The van der Waals surface area contributed by atoms with Gasteiger partial charge in [-0.15, -0.1) is 0 Å². The molecule has 0 N–H and O–H groups in total. The smallest absolute Gasteiger partial charge is 0.274 e. The van der Waals surface area contributed by atoms with Crippen LogP contribution in [0.15, 0.2) is 41.2 Å². The molecule has 0 spiro atoms. The summed E-state index contributed by atoms with van der Waals surface area (Å²) in [4.78, 5) is 25.0.